The maximum absolute atomic E-state index is 13.4. The van der Waals surface area contributed by atoms with Crippen LogP contribution in [0.15, 0.2) is 48.5 Å². The third-order valence-corrected chi connectivity index (χ3v) is 12.8. The normalized spacial score (nSPS) is 23.1. The lowest BCUT2D eigenvalue weighted by atomic mass is 9.93. The standard InChI is InChI=1S/C42H46ClN9O6/c1-49(27-14-18-50(19-15-27)29-5-9-32-33(22-29)42(57)52(41(32)56)36-11-13-38(53)46-40(36)55)28-16-20-51(21-17-28)37-12-10-35(47-48-37)39(54)45-26-3-7-30(8-4-26)58-31-6-2-25(24-44)34(43)23-31/h2,5-6,9-10,12,22-23,26-28,30,36H,3-4,7-8,11,13-21H2,1H3,(H,45,54)(H,46,53,55). The van der Waals surface area contributed by atoms with Crippen molar-refractivity contribution in [1.29, 1.82) is 5.26 Å². The first-order chi connectivity index (χ1) is 28.1. The molecule has 1 unspecified atom stereocenters. The van der Waals surface area contributed by atoms with Crippen molar-refractivity contribution in [3.05, 3.63) is 75.9 Å². The van der Waals surface area contributed by atoms with Crippen LogP contribution in [-0.2, 0) is 9.59 Å². The summed E-state index contributed by atoms with van der Waals surface area (Å²) in [6, 6.07) is 16.0. The van der Waals surface area contributed by atoms with Gasteiger partial charge in [0.05, 0.1) is 27.8 Å². The average molecular weight is 808 g/mol. The lowest BCUT2D eigenvalue weighted by Gasteiger charge is -2.44. The van der Waals surface area contributed by atoms with Crippen LogP contribution in [0.3, 0.4) is 0 Å². The zero-order valence-electron chi connectivity index (χ0n) is 32.4. The molecule has 5 heterocycles. The molecule has 0 bridgehead atoms. The van der Waals surface area contributed by atoms with Gasteiger partial charge < -0.3 is 24.8 Å². The maximum Gasteiger partial charge on any atom is 0.272 e. The number of halogens is 1. The number of piperidine rings is 3. The number of carbonyl (C=O) groups excluding carboxylic acids is 5. The molecule has 4 fully saturated rings. The number of benzene rings is 2. The summed E-state index contributed by atoms with van der Waals surface area (Å²) in [7, 11) is 2.21. The highest BCUT2D eigenvalue weighted by Gasteiger charge is 2.45. The quantitative estimate of drug-likeness (QED) is 0.296. The van der Waals surface area contributed by atoms with Crippen LogP contribution in [0.5, 0.6) is 5.75 Å². The summed E-state index contributed by atoms with van der Waals surface area (Å²) in [6.07, 6.45) is 7.25. The Morgan fingerprint density at radius 1 is 0.845 bits per heavy atom. The van der Waals surface area contributed by atoms with Gasteiger partial charge in [-0.25, -0.2) is 0 Å². The van der Waals surface area contributed by atoms with Crippen molar-refractivity contribution in [2.45, 2.75) is 94.5 Å². The number of hydrogen-bond donors (Lipinski definition) is 2. The van der Waals surface area contributed by atoms with Crippen LogP contribution in [0.2, 0.25) is 5.02 Å². The number of nitrogens with zero attached hydrogens (tertiary/aromatic N) is 7. The van der Waals surface area contributed by atoms with Crippen LogP contribution < -0.4 is 25.2 Å². The highest BCUT2D eigenvalue weighted by molar-refractivity contribution is 6.31. The number of carbonyl (C=O) groups is 5. The van der Waals surface area contributed by atoms with Crippen LogP contribution in [0.25, 0.3) is 0 Å². The Morgan fingerprint density at radius 2 is 1.53 bits per heavy atom. The molecule has 15 nitrogen and oxygen atoms in total. The van der Waals surface area contributed by atoms with Gasteiger partial charge in [0.1, 0.15) is 17.9 Å². The highest BCUT2D eigenvalue weighted by Crippen LogP contribution is 2.33. The van der Waals surface area contributed by atoms with Gasteiger partial charge in [-0.2, -0.15) is 5.26 Å². The Morgan fingerprint density at radius 3 is 2.17 bits per heavy atom. The minimum absolute atomic E-state index is 0.0161. The Hall–Kier alpha value is -5.59. The molecule has 8 rings (SSSR count). The Kier molecular flexibility index (Phi) is 11.3. The van der Waals surface area contributed by atoms with Gasteiger partial charge >= 0.3 is 0 Å². The van der Waals surface area contributed by atoms with Gasteiger partial charge in [0.25, 0.3) is 17.7 Å². The molecular formula is C42H46ClN9O6. The number of hydrogen-bond acceptors (Lipinski definition) is 12. The molecule has 58 heavy (non-hydrogen) atoms. The van der Waals surface area contributed by atoms with Crippen molar-refractivity contribution in [2.75, 3.05) is 43.0 Å². The van der Waals surface area contributed by atoms with E-state index in [1.807, 2.05) is 12.1 Å². The molecule has 4 aliphatic heterocycles. The van der Waals surface area contributed by atoms with Crippen molar-refractivity contribution in [3.8, 4) is 11.8 Å². The summed E-state index contributed by atoms with van der Waals surface area (Å²) in [6.45, 7) is 3.30. The maximum atomic E-state index is 13.4. The lowest BCUT2D eigenvalue weighted by molar-refractivity contribution is -0.136. The zero-order valence-corrected chi connectivity index (χ0v) is 33.1. The number of nitriles is 1. The molecule has 2 N–H and O–H groups in total. The molecule has 1 aliphatic carbocycles. The fourth-order valence-corrected chi connectivity index (χ4v) is 9.25. The fraction of sp³-hybridized carbons (Fsp3) is 0.476. The van der Waals surface area contributed by atoms with Crippen LogP contribution in [0, 0.1) is 11.3 Å². The van der Waals surface area contributed by atoms with E-state index in [0.29, 0.717) is 39.7 Å². The van der Waals surface area contributed by atoms with E-state index in [-0.39, 0.29) is 36.5 Å². The van der Waals surface area contributed by atoms with Crippen LogP contribution in [0.4, 0.5) is 11.5 Å². The van der Waals surface area contributed by atoms with E-state index in [2.05, 4.69) is 48.6 Å². The number of anilines is 2. The topological polar surface area (TPSA) is 181 Å². The molecule has 3 aromatic rings. The first-order valence-corrected chi connectivity index (χ1v) is 20.5. The smallest absolute Gasteiger partial charge is 0.272 e. The Labute approximate surface area is 341 Å². The minimum Gasteiger partial charge on any atom is -0.490 e. The van der Waals surface area contributed by atoms with Crippen molar-refractivity contribution < 1.29 is 28.7 Å². The number of imide groups is 2. The highest BCUT2D eigenvalue weighted by atomic mass is 35.5. The number of nitrogens with one attached hydrogen (secondary N) is 2. The average Bonchev–Trinajstić information content (AvgIpc) is 3.49. The summed E-state index contributed by atoms with van der Waals surface area (Å²) >= 11 is 6.15. The molecule has 1 aromatic heterocycles. The second-order valence-electron chi connectivity index (χ2n) is 15.9. The molecule has 5 aliphatic rings. The van der Waals surface area contributed by atoms with E-state index in [1.165, 1.54) is 0 Å². The van der Waals surface area contributed by atoms with E-state index in [4.69, 9.17) is 21.6 Å². The van der Waals surface area contributed by atoms with E-state index >= 15 is 0 Å². The monoisotopic (exact) mass is 807 g/mol. The molecule has 0 radical (unpaired) electrons. The molecule has 302 valence electrons. The van der Waals surface area contributed by atoms with Gasteiger partial charge in [0, 0.05) is 62.5 Å². The molecule has 3 saturated heterocycles. The third-order valence-electron chi connectivity index (χ3n) is 12.4. The van der Waals surface area contributed by atoms with Gasteiger partial charge in [0.15, 0.2) is 11.5 Å². The third kappa shape index (κ3) is 8.08. The Balaban J connectivity index is 0.768. The summed E-state index contributed by atoms with van der Waals surface area (Å²) in [5.41, 5.74) is 2.18. The second-order valence-corrected chi connectivity index (χ2v) is 16.3. The zero-order chi connectivity index (χ0) is 40.5. The first-order valence-electron chi connectivity index (χ1n) is 20.1. The lowest BCUT2D eigenvalue weighted by Crippen LogP contribution is -2.54. The number of fused-ring (bicyclic) bond motifs is 1. The molecule has 0 spiro atoms. The molecule has 1 atom stereocenters. The van der Waals surface area contributed by atoms with Gasteiger partial charge in [0.2, 0.25) is 11.8 Å². The molecule has 1 saturated carbocycles. The largest absolute Gasteiger partial charge is 0.490 e. The molecule has 16 heteroatoms. The van der Waals surface area contributed by atoms with Crippen LogP contribution in [0.1, 0.15) is 101 Å². The summed E-state index contributed by atoms with van der Waals surface area (Å²) in [5.74, 6) is -0.822. The van der Waals surface area contributed by atoms with E-state index < -0.39 is 29.7 Å². The van der Waals surface area contributed by atoms with Gasteiger partial charge in [-0.3, -0.25) is 34.2 Å². The number of rotatable bonds is 9. The van der Waals surface area contributed by atoms with Gasteiger partial charge in [-0.05, 0) is 107 Å². The molecular weight excluding hydrogens is 762 g/mol. The van der Waals surface area contributed by atoms with Crippen molar-refractivity contribution in [2.24, 2.45) is 0 Å². The SMILES string of the molecule is CN(C1CCN(c2ccc3c(c2)C(=O)N(C2CCC(=O)NC2=O)C3=O)CC1)C1CCN(c2ccc(C(=O)NC3CCC(Oc4ccc(C#N)c(Cl)c4)CC3)nn2)CC1. The van der Waals surface area contributed by atoms with E-state index in [9.17, 15) is 24.0 Å². The van der Waals surface area contributed by atoms with Gasteiger partial charge in [-0.1, -0.05) is 11.6 Å². The predicted molar refractivity (Wildman–Crippen MR) is 214 cm³/mol. The van der Waals surface area contributed by atoms with Crippen molar-refractivity contribution in [1.82, 2.24) is 30.6 Å². The summed E-state index contributed by atoms with van der Waals surface area (Å²) < 4.78 is 6.08. The first kappa shape index (κ1) is 39.2. The fourth-order valence-electron chi connectivity index (χ4n) is 9.04. The van der Waals surface area contributed by atoms with Crippen LogP contribution >= 0.6 is 11.6 Å². The van der Waals surface area contributed by atoms with E-state index in [1.54, 1.807) is 36.4 Å². The van der Waals surface area contributed by atoms with Gasteiger partial charge in [-0.15, -0.1) is 10.2 Å². The number of amides is 5. The second kappa shape index (κ2) is 16.7. The van der Waals surface area contributed by atoms with Crippen molar-refractivity contribution >= 4 is 52.6 Å². The minimum atomic E-state index is -0.979. The predicted octanol–water partition coefficient (Wildman–Crippen LogP) is 4.09. The summed E-state index contributed by atoms with van der Waals surface area (Å²) in [5, 5.41) is 23.5. The van der Waals surface area contributed by atoms with Crippen LogP contribution in [-0.4, -0.2) is 113 Å². The van der Waals surface area contributed by atoms with E-state index in [0.717, 1.165) is 94.0 Å². The molecule has 5 amide bonds. The number of ether oxygens (including phenoxy) is 1. The Bertz CT molecular complexity index is 2140. The molecule has 2 aromatic carbocycles. The summed E-state index contributed by atoms with van der Waals surface area (Å²) in [4.78, 5) is 71.6. The van der Waals surface area contributed by atoms with Crippen molar-refractivity contribution in [3.63, 3.8) is 0 Å². The number of aromatic nitrogens is 2.